The summed E-state index contributed by atoms with van der Waals surface area (Å²) < 4.78 is 12.9. The first-order valence-corrected chi connectivity index (χ1v) is 5.11. The van der Waals surface area contributed by atoms with Gasteiger partial charge in [0.2, 0.25) is 0 Å². The van der Waals surface area contributed by atoms with Gasteiger partial charge in [-0.3, -0.25) is 0 Å². The maximum atomic E-state index is 12.9. The van der Waals surface area contributed by atoms with Crippen molar-refractivity contribution < 1.29 is 4.39 Å². The zero-order chi connectivity index (χ0) is 12.0. The predicted octanol–water partition coefficient (Wildman–Crippen LogP) is 2.65. The molecule has 0 spiro atoms. The van der Waals surface area contributed by atoms with Crippen LogP contribution in [0.15, 0.2) is 35.8 Å². The number of hydrogen-bond donors (Lipinski definition) is 2. The molecule has 0 fully saturated rings. The van der Waals surface area contributed by atoms with E-state index in [1.54, 1.807) is 0 Å². The van der Waals surface area contributed by atoms with E-state index in [4.69, 9.17) is 5.73 Å². The molecule has 0 saturated heterocycles. The lowest BCUT2D eigenvalue weighted by Crippen LogP contribution is -2.24. The first-order chi connectivity index (χ1) is 6.90. The summed E-state index contributed by atoms with van der Waals surface area (Å²) in [5.41, 5.74) is 7.88. The standard InChI is InChI=1S/C12H21FN2/c1-6-12(10(4)13)15-7-8(2)9(3)11(5)14/h11,15H,2-3,6-7,14H2,1,4-5H3/b12-10-. The molecule has 0 aliphatic heterocycles. The second kappa shape index (κ2) is 6.40. The molecule has 0 aliphatic rings. The molecular formula is C12H21FN2. The minimum absolute atomic E-state index is 0.111. The van der Waals surface area contributed by atoms with Crippen LogP contribution in [0.2, 0.25) is 0 Å². The van der Waals surface area contributed by atoms with Crippen molar-refractivity contribution in [3.63, 3.8) is 0 Å². The van der Waals surface area contributed by atoms with Gasteiger partial charge in [-0.25, -0.2) is 4.39 Å². The topological polar surface area (TPSA) is 38.0 Å². The summed E-state index contributed by atoms with van der Waals surface area (Å²) in [4.78, 5) is 0. The summed E-state index contributed by atoms with van der Waals surface area (Å²) in [6.45, 7) is 13.4. The van der Waals surface area contributed by atoms with Gasteiger partial charge in [0, 0.05) is 18.3 Å². The maximum Gasteiger partial charge on any atom is 0.116 e. The smallest absolute Gasteiger partial charge is 0.116 e. The van der Waals surface area contributed by atoms with E-state index in [1.165, 1.54) is 6.92 Å². The van der Waals surface area contributed by atoms with E-state index in [1.807, 2.05) is 13.8 Å². The summed E-state index contributed by atoms with van der Waals surface area (Å²) in [6.07, 6.45) is 0.639. The predicted molar refractivity (Wildman–Crippen MR) is 64.0 cm³/mol. The summed E-state index contributed by atoms with van der Waals surface area (Å²) in [6, 6.07) is -0.111. The highest BCUT2D eigenvalue weighted by Gasteiger charge is 2.06. The van der Waals surface area contributed by atoms with Gasteiger partial charge in [-0.1, -0.05) is 20.1 Å². The lowest BCUT2D eigenvalue weighted by Gasteiger charge is -2.15. The molecule has 15 heavy (non-hydrogen) atoms. The van der Waals surface area contributed by atoms with Crippen molar-refractivity contribution >= 4 is 0 Å². The molecular weight excluding hydrogens is 191 g/mol. The maximum absolute atomic E-state index is 12.9. The highest BCUT2D eigenvalue weighted by molar-refractivity contribution is 5.31. The Morgan fingerprint density at radius 2 is 2.00 bits per heavy atom. The average Bonchev–Trinajstić information content (AvgIpc) is 2.16. The molecule has 3 heteroatoms. The number of allylic oxidation sites excluding steroid dienone is 2. The second-order valence-electron chi connectivity index (χ2n) is 3.64. The van der Waals surface area contributed by atoms with E-state index >= 15 is 0 Å². The van der Waals surface area contributed by atoms with Gasteiger partial charge in [-0.2, -0.15) is 0 Å². The molecule has 0 rings (SSSR count). The van der Waals surface area contributed by atoms with E-state index in [-0.39, 0.29) is 11.9 Å². The quantitative estimate of drug-likeness (QED) is 0.664. The Bertz CT molecular complexity index is 273. The first-order valence-electron chi connectivity index (χ1n) is 5.11. The van der Waals surface area contributed by atoms with Crippen LogP contribution >= 0.6 is 0 Å². The fourth-order valence-corrected chi connectivity index (χ4v) is 1.14. The Kier molecular flexibility index (Phi) is 5.94. The molecule has 0 aromatic carbocycles. The molecule has 2 nitrogen and oxygen atoms in total. The van der Waals surface area contributed by atoms with Crippen LogP contribution in [0.4, 0.5) is 4.39 Å². The molecule has 0 aliphatic carbocycles. The Labute approximate surface area is 91.7 Å². The number of hydrogen-bond acceptors (Lipinski definition) is 2. The van der Waals surface area contributed by atoms with Crippen LogP contribution in [0.1, 0.15) is 27.2 Å². The summed E-state index contributed by atoms with van der Waals surface area (Å²) in [7, 11) is 0. The molecule has 1 unspecified atom stereocenters. The fraction of sp³-hybridized carbons (Fsp3) is 0.500. The largest absolute Gasteiger partial charge is 0.382 e. The van der Waals surface area contributed by atoms with Crippen LogP contribution in [0.25, 0.3) is 0 Å². The van der Waals surface area contributed by atoms with Gasteiger partial charge in [-0.05, 0) is 31.4 Å². The monoisotopic (exact) mass is 212 g/mol. The molecule has 0 saturated carbocycles. The number of nitrogens with two attached hydrogens (primary N) is 1. The molecule has 0 aromatic rings. The minimum Gasteiger partial charge on any atom is -0.382 e. The Morgan fingerprint density at radius 1 is 1.47 bits per heavy atom. The minimum atomic E-state index is -0.184. The van der Waals surface area contributed by atoms with Crippen LogP contribution in [-0.2, 0) is 0 Å². The van der Waals surface area contributed by atoms with Crippen LogP contribution < -0.4 is 11.1 Å². The Hall–Kier alpha value is -1.09. The lowest BCUT2D eigenvalue weighted by atomic mass is 10.0. The summed E-state index contributed by atoms with van der Waals surface area (Å²) >= 11 is 0. The molecule has 3 N–H and O–H groups in total. The van der Waals surface area contributed by atoms with Gasteiger partial charge >= 0.3 is 0 Å². The van der Waals surface area contributed by atoms with Crippen molar-refractivity contribution in [3.05, 3.63) is 35.8 Å². The van der Waals surface area contributed by atoms with Gasteiger partial charge in [0.05, 0.1) is 0 Å². The Balaban J connectivity index is 4.23. The summed E-state index contributed by atoms with van der Waals surface area (Å²) in [5.74, 6) is -0.184. The molecule has 0 heterocycles. The number of nitrogens with one attached hydrogen (secondary N) is 1. The third-order valence-electron chi connectivity index (χ3n) is 2.29. The Morgan fingerprint density at radius 3 is 2.33 bits per heavy atom. The van der Waals surface area contributed by atoms with Crippen molar-refractivity contribution in [1.82, 2.24) is 5.32 Å². The molecule has 86 valence electrons. The van der Waals surface area contributed by atoms with E-state index in [9.17, 15) is 4.39 Å². The highest BCUT2D eigenvalue weighted by atomic mass is 19.1. The van der Waals surface area contributed by atoms with Gasteiger partial charge < -0.3 is 11.1 Å². The average molecular weight is 212 g/mol. The van der Waals surface area contributed by atoms with Crippen molar-refractivity contribution in [1.29, 1.82) is 0 Å². The van der Waals surface area contributed by atoms with Crippen molar-refractivity contribution in [3.8, 4) is 0 Å². The fourth-order valence-electron chi connectivity index (χ4n) is 1.14. The second-order valence-corrected chi connectivity index (χ2v) is 3.64. The van der Waals surface area contributed by atoms with E-state index < -0.39 is 0 Å². The third-order valence-corrected chi connectivity index (χ3v) is 2.29. The molecule has 0 aromatic heterocycles. The number of rotatable bonds is 6. The first kappa shape index (κ1) is 13.9. The molecule has 0 bridgehead atoms. The zero-order valence-corrected chi connectivity index (χ0v) is 9.86. The van der Waals surface area contributed by atoms with Crippen molar-refractivity contribution in [2.45, 2.75) is 33.2 Å². The van der Waals surface area contributed by atoms with Crippen molar-refractivity contribution in [2.75, 3.05) is 6.54 Å². The van der Waals surface area contributed by atoms with Gasteiger partial charge in [-0.15, -0.1) is 0 Å². The molecule has 0 radical (unpaired) electrons. The van der Waals surface area contributed by atoms with E-state index in [0.717, 1.165) is 11.1 Å². The van der Waals surface area contributed by atoms with Gasteiger partial charge in [0.25, 0.3) is 0 Å². The van der Waals surface area contributed by atoms with Crippen LogP contribution in [0.3, 0.4) is 0 Å². The number of halogens is 1. The highest BCUT2D eigenvalue weighted by Crippen LogP contribution is 2.10. The van der Waals surface area contributed by atoms with Gasteiger partial charge in [0.15, 0.2) is 0 Å². The van der Waals surface area contributed by atoms with E-state index in [0.29, 0.717) is 18.7 Å². The van der Waals surface area contributed by atoms with E-state index in [2.05, 4.69) is 18.5 Å². The lowest BCUT2D eigenvalue weighted by molar-refractivity contribution is 0.599. The van der Waals surface area contributed by atoms with Crippen LogP contribution in [-0.4, -0.2) is 12.6 Å². The third kappa shape index (κ3) is 4.79. The van der Waals surface area contributed by atoms with Crippen molar-refractivity contribution in [2.24, 2.45) is 5.73 Å². The van der Waals surface area contributed by atoms with Crippen LogP contribution in [0.5, 0.6) is 0 Å². The zero-order valence-electron chi connectivity index (χ0n) is 9.86. The molecule has 0 amide bonds. The van der Waals surface area contributed by atoms with Crippen LogP contribution in [0, 0.1) is 0 Å². The normalized spacial score (nSPS) is 14.2. The summed E-state index contributed by atoms with van der Waals surface area (Å²) in [5, 5.41) is 2.99. The SMILES string of the molecule is C=C(CN/C(CC)=C(/C)F)C(=C)C(C)N. The molecule has 1 atom stereocenters. The van der Waals surface area contributed by atoms with Gasteiger partial charge in [0.1, 0.15) is 5.83 Å².